The lowest BCUT2D eigenvalue weighted by atomic mass is 10.0. The number of aromatic nitrogens is 2. The summed E-state index contributed by atoms with van der Waals surface area (Å²) in [6.45, 7) is 4.35. The number of nitrogens with one attached hydrogen (secondary N) is 1. The monoisotopic (exact) mass is 331 g/mol. The van der Waals surface area contributed by atoms with Gasteiger partial charge in [0.05, 0.1) is 11.3 Å². The number of carbonyl (C=O) groups is 1. The lowest BCUT2D eigenvalue weighted by Gasteiger charge is -2.15. The van der Waals surface area contributed by atoms with E-state index in [0.29, 0.717) is 39.9 Å². The first kappa shape index (κ1) is 15.9. The molecule has 0 spiro atoms. The Morgan fingerprint density at radius 2 is 2.09 bits per heavy atom. The first-order chi connectivity index (χ1) is 11.0. The lowest BCUT2D eigenvalue weighted by Crippen LogP contribution is -2.13. The van der Waals surface area contributed by atoms with Gasteiger partial charge in [0.25, 0.3) is 0 Å². The zero-order chi connectivity index (χ0) is 16.6. The van der Waals surface area contributed by atoms with E-state index in [4.69, 9.17) is 0 Å². The third-order valence-electron chi connectivity index (χ3n) is 3.93. The normalized spacial score (nSPS) is 13.9. The molecular formula is C17H18FN3OS. The minimum Gasteiger partial charge on any atom is -0.369 e. The molecule has 120 valence electrons. The van der Waals surface area contributed by atoms with Crippen molar-refractivity contribution in [2.24, 2.45) is 5.92 Å². The van der Waals surface area contributed by atoms with E-state index < -0.39 is 5.12 Å². The number of hydrogen-bond donors (Lipinski definition) is 2. The van der Waals surface area contributed by atoms with E-state index >= 15 is 0 Å². The van der Waals surface area contributed by atoms with E-state index in [9.17, 15) is 9.18 Å². The molecule has 4 nitrogen and oxygen atoms in total. The number of nitrogens with zero attached hydrogens (tertiary/aromatic N) is 2. The fraction of sp³-hybridized carbons (Fsp3) is 0.353. The van der Waals surface area contributed by atoms with Crippen molar-refractivity contribution in [1.29, 1.82) is 0 Å². The number of hydrogen-bond acceptors (Lipinski definition) is 4. The third-order valence-corrected chi connectivity index (χ3v) is 4.16. The Morgan fingerprint density at radius 1 is 1.35 bits per heavy atom. The second kappa shape index (κ2) is 6.28. The van der Waals surface area contributed by atoms with Gasteiger partial charge in [0.15, 0.2) is 0 Å². The first-order valence-electron chi connectivity index (χ1n) is 7.58. The molecule has 1 heterocycles. The highest BCUT2D eigenvalue weighted by Gasteiger charge is 2.24. The largest absolute Gasteiger partial charge is 0.369 e. The van der Waals surface area contributed by atoms with Gasteiger partial charge in [0.2, 0.25) is 5.12 Å². The molecule has 0 aliphatic heterocycles. The van der Waals surface area contributed by atoms with Crippen LogP contribution in [-0.4, -0.2) is 21.6 Å². The van der Waals surface area contributed by atoms with Crippen LogP contribution in [0.25, 0.3) is 11.3 Å². The zero-order valence-corrected chi connectivity index (χ0v) is 14.0. The molecule has 23 heavy (non-hydrogen) atoms. The van der Waals surface area contributed by atoms with Gasteiger partial charge in [-0.3, -0.25) is 4.79 Å². The van der Waals surface area contributed by atoms with E-state index in [1.165, 1.54) is 25.0 Å². The molecule has 1 N–H and O–H groups in total. The fourth-order valence-electron chi connectivity index (χ4n) is 2.55. The Hall–Kier alpha value is -1.95. The predicted octanol–water partition coefficient (Wildman–Crippen LogP) is 3.79. The van der Waals surface area contributed by atoms with Crippen molar-refractivity contribution in [1.82, 2.24) is 9.97 Å². The Kier molecular flexibility index (Phi) is 4.35. The average molecular weight is 331 g/mol. The predicted molar refractivity (Wildman–Crippen MR) is 91.4 cm³/mol. The van der Waals surface area contributed by atoms with E-state index in [1.807, 2.05) is 0 Å². The minimum absolute atomic E-state index is 0.317. The number of anilines is 1. The SMILES string of the molecule is Cc1nc(NCC2CC2)c(C(=O)S)c(-c2ccc(F)cc2C)n1. The minimum atomic E-state index is -0.401. The molecule has 1 aromatic heterocycles. The van der Waals surface area contributed by atoms with Crippen LogP contribution < -0.4 is 5.32 Å². The Bertz CT molecular complexity index is 775. The van der Waals surface area contributed by atoms with Gasteiger partial charge in [-0.05, 0) is 56.4 Å². The smallest absolute Gasteiger partial charge is 0.222 e. The van der Waals surface area contributed by atoms with Gasteiger partial charge < -0.3 is 5.32 Å². The number of rotatable bonds is 5. The molecule has 1 aliphatic rings. The molecule has 2 aromatic rings. The summed E-state index contributed by atoms with van der Waals surface area (Å²) in [7, 11) is 0. The Labute approximate surface area is 140 Å². The number of halogens is 1. The first-order valence-corrected chi connectivity index (χ1v) is 8.02. The van der Waals surface area contributed by atoms with Crippen LogP contribution in [0.15, 0.2) is 18.2 Å². The van der Waals surface area contributed by atoms with Crippen molar-refractivity contribution in [3.8, 4) is 11.3 Å². The molecule has 3 rings (SSSR count). The highest BCUT2D eigenvalue weighted by Crippen LogP contribution is 2.33. The van der Waals surface area contributed by atoms with Gasteiger partial charge >= 0.3 is 0 Å². The van der Waals surface area contributed by atoms with Crippen LogP contribution in [0.1, 0.15) is 34.6 Å². The van der Waals surface area contributed by atoms with Crippen LogP contribution in [0.2, 0.25) is 0 Å². The van der Waals surface area contributed by atoms with Gasteiger partial charge in [0, 0.05) is 12.1 Å². The van der Waals surface area contributed by atoms with Crippen LogP contribution in [-0.2, 0) is 0 Å². The van der Waals surface area contributed by atoms with Crippen LogP contribution in [0.3, 0.4) is 0 Å². The van der Waals surface area contributed by atoms with Gasteiger partial charge in [-0.25, -0.2) is 14.4 Å². The van der Waals surface area contributed by atoms with Crippen LogP contribution >= 0.6 is 12.6 Å². The quantitative estimate of drug-likeness (QED) is 0.819. The maximum atomic E-state index is 13.4. The van der Waals surface area contributed by atoms with Gasteiger partial charge in [-0.2, -0.15) is 0 Å². The summed E-state index contributed by atoms with van der Waals surface area (Å²) in [4.78, 5) is 20.9. The summed E-state index contributed by atoms with van der Waals surface area (Å²) < 4.78 is 13.4. The maximum absolute atomic E-state index is 13.4. The summed E-state index contributed by atoms with van der Waals surface area (Å²) in [6.07, 6.45) is 2.40. The molecule has 0 saturated heterocycles. The van der Waals surface area contributed by atoms with E-state index in [2.05, 4.69) is 27.9 Å². The molecule has 1 aliphatic carbocycles. The Morgan fingerprint density at radius 3 is 2.70 bits per heavy atom. The highest BCUT2D eigenvalue weighted by atomic mass is 32.1. The molecule has 0 bridgehead atoms. The molecular weight excluding hydrogens is 313 g/mol. The second-order valence-corrected chi connectivity index (χ2v) is 6.34. The van der Waals surface area contributed by atoms with E-state index in [1.54, 1.807) is 19.9 Å². The molecule has 1 fully saturated rings. The van der Waals surface area contributed by atoms with Gasteiger partial charge in [-0.15, -0.1) is 12.6 Å². The Balaban J connectivity index is 2.11. The second-order valence-electron chi connectivity index (χ2n) is 5.93. The van der Waals surface area contributed by atoms with Crippen molar-refractivity contribution in [2.75, 3.05) is 11.9 Å². The van der Waals surface area contributed by atoms with Gasteiger partial charge in [0.1, 0.15) is 17.5 Å². The van der Waals surface area contributed by atoms with Crippen molar-refractivity contribution in [3.63, 3.8) is 0 Å². The highest BCUT2D eigenvalue weighted by molar-refractivity contribution is 7.97. The summed E-state index contributed by atoms with van der Waals surface area (Å²) in [5.41, 5.74) is 2.26. The molecule has 1 saturated carbocycles. The summed E-state index contributed by atoms with van der Waals surface area (Å²) >= 11 is 3.99. The topological polar surface area (TPSA) is 54.9 Å². The third kappa shape index (κ3) is 3.52. The standard InChI is InChI=1S/C17H18FN3OS/c1-9-7-12(18)5-6-13(9)15-14(17(22)23)16(21-10(2)20-15)19-8-11-3-4-11/h5-7,11H,3-4,8H2,1-2H3,(H,22,23)(H,19,20,21). The summed E-state index contributed by atoms with van der Waals surface area (Å²) in [6, 6.07) is 4.43. The van der Waals surface area contributed by atoms with Crippen LogP contribution in [0.4, 0.5) is 10.2 Å². The lowest BCUT2D eigenvalue weighted by molar-refractivity contribution is 0.109. The fourth-order valence-corrected chi connectivity index (χ4v) is 2.77. The molecule has 0 unspecified atom stereocenters. The molecule has 6 heteroatoms. The number of thiol groups is 1. The zero-order valence-electron chi connectivity index (χ0n) is 13.1. The maximum Gasteiger partial charge on any atom is 0.222 e. The molecule has 1 aromatic carbocycles. The number of aryl methyl sites for hydroxylation is 2. The van der Waals surface area contributed by atoms with Crippen molar-refractivity contribution < 1.29 is 9.18 Å². The molecule has 0 amide bonds. The molecule has 0 radical (unpaired) electrons. The van der Waals surface area contributed by atoms with E-state index in [-0.39, 0.29) is 5.82 Å². The van der Waals surface area contributed by atoms with Crippen LogP contribution in [0.5, 0.6) is 0 Å². The van der Waals surface area contributed by atoms with Crippen molar-refractivity contribution in [3.05, 3.63) is 41.0 Å². The summed E-state index contributed by atoms with van der Waals surface area (Å²) in [5, 5.41) is 2.84. The van der Waals surface area contributed by atoms with E-state index in [0.717, 1.165) is 6.54 Å². The van der Waals surface area contributed by atoms with Gasteiger partial charge in [-0.1, -0.05) is 0 Å². The van der Waals surface area contributed by atoms with Crippen LogP contribution in [0, 0.1) is 25.6 Å². The van der Waals surface area contributed by atoms with Crippen molar-refractivity contribution in [2.45, 2.75) is 26.7 Å². The van der Waals surface area contributed by atoms with Crippen molar-refractivity contribution >= 4 is 23.6 Å². The summed E-state index contributed by atoms with van der Waals surface area (Å²) in [5.74, 6) is 1.38. The number of carbonyl (C=O) groups excluding carboxylic acids is 1. The average Bonchev–Trinajstić information content (AvgIpc) is 3.28. The molecule has 0 atom stereocenters. The number of benzene rings is 1.